The maximum absolute atomic E-state index is 13.1. The van der Waals surface area contributed by atoms with Gasteiger partial charge in [0.1, 0.15) is 12.4 Å². The van der Waals surface area contributed by atoms with Gasteiger partial charge in [0.15, 0.2) is 5.82 Å². The van der Waals surface area contributed by atoms with E-state index in [9.17, 15) is 4.79 Å². The lowest BCUT2D eigenvalue weighted by atomic mass is 10.0. The van der Waals surface area contributed by atoms with Gasteiger partial charge in [0, 0.05) is 31.3 Å². The molecule has 2 fully saturated rings. The molecule has 2 amide bonds. The Balaban J connectivity index is 1.33. The number of rotatable bonds is 5. The molecule has 0 radical (unpaired) electrons. The molecule has 2 aliphatic rings. The van der Waals surface area contributed by atoms with Crippen molar-refractivity contribution >= 4 is 23.3 Å². The summed E-state index contributed by atoms with van der Waals surface area (Å²) in [6, 6.07) is 4.92. The number of carbonyl (C=O) groups is 1. The Hall–Kier alpha value is -2.94. The Labute approximate surface area is 184 Å². The number of hydrogen-bond donors (Lipinski definition) is 1. The average Bonchev–Trinajstić information content (AvgIpc) is 3.28. The standard InChI is InChI=1S/C21H24ClN7O2/c1-13-25-26-20(31-13)18-4-2-3-9-29(18)21(30)24-15-7-8-17(22)16(10-15)19-23-12-28(27-19)11-14-5-6-14/h7-8,10,12,14,18H,2-6,9,11H2,1H3,(H,24,30). The van der Waals surface area contributed by atoms with Crippen molar-refractivity contribution in [1.82, 2.24) is 29.9 Å². The van der Waals surface area contributed by atoms with E-state index < -0.39 is 0 Å². The van der Waals surface area contributed by atoms with Crippen molar-refractivity contribution in [2.45, 2.75) is 51.6 Å². The molecule has 1 atom stereocenters. The van der Waals surface area contributed by atoms with Gasteiger partial charge in [-0.15, -0.1) is 10.2 Å². The van der Waals surface area contributed by atoms with Crippen molar-refractivity contribution in [3.8, 4) is 11.4 Å². The summed E-state index contributed by atoms with van der Waals surface area (Å²) in [5.74, 6) is 2.24. The number of nitrogens with one attached hydrogen (secondary N) is 1. The highest BCUT2D eigenvalue weighted by atomic mass is 35.5. The van der Waals surface area contributed by atoms with Gasteiger partial charge in [-0.2, -0.15) is 5.10 Å². The first-order chi connectivity index (χ1) is 15.1. The van der Waals surface area contributed by atoms with Crippen molar-refractivity contribution in [2.75, 3.05) is 11.9 Å². The fourth-order valence-corrected chi connectivity index (χ4v) is 4.12. The van der Waals surface area contributed by atoms with E-state index in [0.717, 1.165) is 25.8 Å². The summed E-state index contributed by atoms with van der Waals surface area (Å²) in [5, 5.41) is 16.1. The fraction of sp³-hybridized carbons (Fsp3) is 0.476. The number of carbonyl (C=O) groups excluding carboxylic acids is 1. The van der Waals surface area contributed by atoms with Gasteiger partial charge in [0.05, 0.1) is 5.02 Å². The van der Waals surface area contributed by atoms with Crippen LogP contribution in [0.15, 0.2) is 28.9 Å². The molecule has 1 N–H and O–H groups in total. The number of aromatic nitrogens is 5. The smallest absolute Gasteiger partial charge is 0.322 e. The normalized spacial score (nSPS) is 18.9. The second-order valence-corrected chi connectivity index (χ2v) is 8.63. The number of urea groups is 1. The molecule has 5 rings (SSSR count). The van der Waals surface area contributed by atoms with Crippen LogP contribution in [0.5, 0.6) is 0 Å². The van der Waals surface area contributed by atoms with Crippen LogP contribution < -0.4 is 5.32 Å². The van der Waals surface area contributed by atoms with Crippen molar-refractivity contribution in [3.05, 3.63) is 41.3 Å². The SMILES string of the molecule is Cc1nnc(C2CCCCN2C(=O)Nc2ccc(Cl)c(-c3ncn(CC4CC4)n3)c2)o1. The minimum Gasteiger partial charge on any atom is -0.423 e. The molecular weight excluding hydrogens is 418 g/mol. The summed E-state index contributed by atoms with van der Waals surface area (Å²) in [4.78, 5) is 19.2. The van der Waals surface area contributed by atoms with Crippen LogP contribution in [0.3, 0.4) is 0 Å². The Morgan fingerprint density at radius 2 is 2.13 bits per heavy atom. The molecular formula is C21H24ClN7O2. The first kappa shape index (κ1) is 20.0. The van der Waals surface area contributed by atoms with Crippen molar-refractivity contribution in [1.29, 1.82) is 0 Å². The van der Waals surface area contributed by atoms with Gasteiger partial charge < -0.3 is 14.6 Å². The Morgan fingerprint density at radius 3 is 2.90 bits per heavy atom. The monoisotopic (exact) mass is 441 g/mol. The number of halogens is 1. The van der Waals surface area contributed by atoms with E-state index in [1.54, 1.807) is 30.3 Å². The van der Waals surface area contributed by atoms with Crippen LogP contribution >= 0.6 is 11.6 Å². The highest BCUT2D eigenvalue weighted by Gasteiger charge is 2.32. The summed E-state index contributed by atoms with van der Waals surface area (Å²) in [7, 11) is 0. The van der Waals surface area contributed by atoms with E-state index in [-0.39, 0.29) is 12.1 Å². The Bertz CT molecular complexity index is 1090. The lowest BCUT2D eigenvalue weighted by Gasteiger charge is -2.33. The van der Waals surface area contributed by atoms with Crippen molar-refractivity contribution in [3.63, 3.8) is 0 Å². The zero-order chi connectivity index (χ0) is 21.4. The number of hydrogen-bond acceptors (Lipinski definition) is 6. The molecule has 1 saturated carbocycles. The van der Waals surface area contributed by atoms with Gasteiger partial charge in [0.25, 0.3) is 0 Å². The molecule has 1 aliphatic carbocycles. The molecule has 1 saturated heterocycles. The van der Waals surface area contributed by atoms with E-state index in [2.05, 4.69) is 25.6 Å². The van der Waals surface area contributed by atoms with E-state index in [1.165, 1.54) is 12.8 Å². The Kier molecular flexibility index (Phi) is 5.35. The van der Waals surface area contributed by atoms with Crippen LogP contribution in [0.25, 0.3) is 11.4 Å². The summed E-state index contributed by atoms with van der Waals surface area (Å²) in [6.07, 6.45) is 6.97. The van der Waals surface area contributed by atoms with Crippen LogP contribution in [0.1, 0.15) is 49.9 Å². The first-order valence-corrected chi connectivity index (χ1v) is 11.0. The molecule has 1 unspecified atom stereocenters. The van der Waals surface area contributed by atoms with E-state index in [0.29, 0.717) is 46.3 Å². The molecule has 1 aliphatic heterocycles. The van der Waals surface area contributed by atoms with Gasteiger partial charge in [-0.05, 0) is 56.2 Å². The number of anilines is 1. The maximum atomic E-state index is 13.1. The molecule has 0 bridgehead atoms. The van der Waals surface area contributed by atoms with Crippen LogP contribution in [0, 0.1) is 12.8 Å². The predicted octanol–water partition coefficient (Wildman–Crippen LogP) is 4.46. The molecule has 1 aromatic carbocycles. The second-order valence-electron chi connectivity index (χ2n) is 8.22. The second kappa shape index (κ2) is 8.30. The largest absolute Gasteiger partial charge is 0.423 e. The predicted molar refractivity (Wildman–Crippen MR) is 115 cm³/mol. The van der Waals surface area contributed by atoms with E-state index in [1.807, 2.05) is 10.7 Å². The average molecular weight is 442 g/mol. The Morgan fingerprint density at radius 1 is 1.26 bits per heavy atom. The molecule has 9 nitrogen and oxygen atoms in total. The number of amides is 2. The number of aryl methyl sites for hydroxylation is 1. The van der Waals surface area contributed by atoms with E-state index in [4.69, 9.17) is 16.0 Å². The summed E-state index contributed by atoms with van der Waals surface area (Å²) >= 11 is 6.41. The van der Waals surface area contributed by atoms with Crippen LogP contribution in [-0.2, 0) is 6.54 Å². The number of likely N-dealkylation sites (tertiary alicyclic amines) is 1. The summed E-state index contributed by atoms with van der Waals surface area (Å²) in [6.45, 7) is 3.26. The van der Waals surface area contributed by atoms with Crippen LogP contribution in [-0.4, -0.2) is 42.4 Å². The topological polar surface area (TPSA) is 102 Å². The molecule has 3 aromatic rings. The maximum Gasteiger partial charge on any atom is 0.322 e. The van der Waals surface area contributed by atoms with Gasteiger partial charge in [-0.25, -0.2) is 9.78 Å². The molecule has 2 aromatic heterocycles. The summed E-state index contributed by atoms with van der Waals surface area (Å²) < 4.78 is 7.46. The molecule has 162 valence electrons. The molecule has 0 spiro atoms. The van der Waals surface area contributed by atoms with Crippen LogP contribution in [0.4, 0.5) is 10.5 Å². The van der Waals surface area contributed by atoms with Gasteiger partial charge in [-0.3, -0.25) is 4.68 Å². The highest BCUT2D eigenvalue weighted by Crippen LogP contribution is 2.33. The lowest BCUT2D eigenvalue weighted by molar-refractivity contribution is 0.147. The highest BCUT2D eigenvalue weighted by molar-refractivity contribution is 6.33. The lowest BCUT2D eigenvalue weighted by Crippen LogP contribution is -2.41. The number of piperidine rings is 1. The van der Waals surface area contributed by atoms with E-state index >= 15 is 0 Å². The van der Waals surface area contributed by atoms with Gasteiger partial charge in [-0.1, -0.05) is 11.6 Å². The molecule has 3 heterocycles. The number of benzene rings is 1. The third-order valence-electron chi connectivity index (χ3n) is 5.73. The fourth-order valence-electron chi connectivity index (χ4n) is 3.92. The number of nitrogens with zero attached hydrogens (tertiary/aromatic N) is 6. The molecule has 10 heteroatoms. The molecule has 31 heavy (non-hydrogen) atoms. The van der Waals surface area contributed by atoms with Gasteiger partial charge >= 0.3 is 6.03 Å². The zero-order valence-electron chi connectivity index (χ0n) is 17.3. The summed E-state index contributed by atoms with van der Waals surface area (Å²) in [5.41, 5.74) is 1.32. The zero-order valence-corrected chi connectivity index (χ0v) is 18.0. The van der Waals surface area contributed by atoms with Crippen molar-refractivity contribution in [2.24, 2.45) is 5.92 Å². The third-order valence-corrected chi connectivity index (χ3v) is 6.06. The third kappa shape index (κ3) is 4.41. The minimum atomic E-state index is -0.221. The minimum absolute atomic E-state index is 0.207. The van der Waals surface area contributed by atoms with Gasteiger partial charge in [0.2, 0.25) is 11.8 Å². The quantitative estimate of drug-likeness (QED) is 0.627. The first-order valence-electron chi connectivity index (χ1n) is 10.6. The van der Waals surface area contributed by atoms with Crippen LogP contribution in [0.2, 0.25) is 5.02 Å². The van der Waals surface area contributed by atoms with Crippen molar-refractivity contribution < 1.29 is 9.21 Å².